The molecular weight excluding hydrogens is 351 g/mol. The fourth-order valence-corrected chi connectivity index (χ4v) is 2.20. The summed E-state index contributed by atoms with van der Waals surface area (Å²) in [7, 11) is 0. The molecule has 0 aromatic carbocycles. The van der Waals surface area contributed by atoms with Gasteiger partial charge in [0.15, 0.2) is 11.0 Å². The van der Waals surface area contributed by atoms with Crippen LogP contribution in [0.2, 0.25) is 0 Å². The van der Waals surface area contributed by atoms with E-state index >= 15 is 0 Å². The molecule has 0 saturated carbocycles. The van der Waals surface area contributed by atoms with Gasteiger partial charge in [0.1, 0.15) is 6.10 Å². The summed E-state index contributed by atoms with van der Waals surface area (Å²) >= 11 is 10.7. The smallest absolute Gasteiger partial charge is 0.372 e. The summed E-state index contributed by atoms with van der Waals surface area (Å²) in [5.41, 5.74) is 0. The first kappa shape index (κ1) is 19.3. The maximum Gasteiger partial charge on any atom is 0.372 e. The van der Waals surface area contributed by atoms with Crippen LogP contribution in [0.4, 0.5) is 8.78 Å². The summed E-state index contributed by atoms with van der Waals surface area (Å²) in [4.78, 5) is 20.8. The number of nitrogens with one attached hydrogen (secondary N) is 1. The van der Waals surface area contributed by atoms with Crippen molar-refractivity contribution >= 4 is 35.1 Å². The zero-order valence-electron chi connectivity index (χ0n) is 11.1. The lowest BCUT2D eigenvalue weighted by Gasteiger charge is -2.42. The van der Waals surface area contributed by atoms with Crippen molar-refractivity contribution in [1.29, 1.82) is 0 Å². The van der Waals surface area contributed by atoms with Crippen LogP contribution in [0.5, 0.6) is 0 Å². The molecule has 0 aromatic rings. The molecule has 7 nitrogen and oxygen atoms in total. The van der Waals surface area contributed by atoms with E-state index in [4.69, 9.17) is 33.4 Å². The fourth-order valence-electron chi connectivity index (χ4n) is 2.08. The van der Waals surface area contributed by atoms with Crippen molar-refractivity contribution in [2.45, 2.75) is 48.0 Å². The van der Waals surface area contributed by atoms with Crippen molar-refractivity contribution in [2.75, 3.05) is 6.61 Å². The van der Waals surface area contributed by atoms with Crippen molar-refractivity contribution in [3.63, 3.8) is 0 Å². The average molecular weight is 366 g/mol. The van der Waals surface area contributed by atoms with Gasteiger partial charge in [0.25, 0.3) is 5.91 Å². The van der Waals surface area contributed by atoms with E-state index in [9.17, 15) is 23.5 Å². The van der Waals surface area contributed by atoms with Crippen molar-refractivity contribution in [2.24, 2.45) is 0 Å². The minimum atomic E-state index is -3.66. The van der Waals surface area contributed by atoms with Crippen LogP contribution < -0.4 is 5.32 Å². The van der Waals surface area contributed by atoms with Crippen LogP contribution in [0.3, 0.4) is 0 Å². The molecule has 0 bridgehead atoms. The summed E-state index contributed by atoms with van der Waals surface area (Å²) in [6.07, 6.45) is -6.80. The van der Waals surface area contributed by atoms with E-state index in [1.54, 1.807) is 0 Å². The third-order valence-corrected chi connectivity index (χ3v) is 3.59. The zero-order chi connectivity index (χ0) is 17.1. The van der Waals surface area contributed by atoms with E-state index in [0.29, 0.717) is 0 Å². The summed E-state index contributed by atoms with van der Waals surface area (Å²) < 4.78 is 32.4. The molecular formula is C11H15Cl2F2NO6. The molecule has 0 spiro atoms. The Hall–Kier alpha value is -0.740. The van der Waals surface area contributed by atoms with Crippen LogP contribution >= 0.6 is 23.2 Å². The maximum atomic E-state index is 14.1. The number of carbonyl (C=O) groups is 2. The number of aliphatic hydroxyl groups excluding tert-OH is 2. The van der Waals surface area contributed by atoms with E-state index in [1.165, 1.54) is 0 Å². The van der Waals surface area contributed by atoms with Crippen molar-refractivity contribution in [1.82, 2.24) is 5.32 Å². The molecule has 1 amide bonds. The van der Waals surface area contributed by atoms with Crippen LogP contribution in [0.15, 0.2) is 0 Å². The van der Waals surface area contributed by atoms with Crippen LogP contribution in [0, 0.1) is 0 Å². The Morgan fingerprint density at radius 2 is 2.05 bits per heavy atom. The Kier molecular flexibility index (Phi) is 6.75. The average Bonchev–Trinajstić information content (AvgIpc) is 2.42. The fraction of sp³-hybridized carbons (Fsp3) is 0.818. The van der Waals surface area contributed by atoms with Gasteiger partial charge in [0.05, 0.1) is 12.1 Å². The lowest BCUT2D eigenvalue weighted by molar-refractivity contribution is -0.266. The largest absolute Gasteiger partial charge is 0.477 e. The number of ether oxygens (including phenoxy) is 1. The third-order valence-electron chi connectivity index (χ3n) is 3.19. The van der Waals surface area contributed by atoms with E-state index in [-0.39, 0.29) is 6.42 Å². The van der Waals surface area contributed by atoms with Crippen molar-refractivity contribution < 1.29 is 38.4 Å². The first-order valence-electron chi connectivity index (χ1n) is 6.25. The van der Waals surface area contributed by atoms with Crippen molar-refractivity contribution in [3.8, 4) is 0 Å². The number of hydrogen-bond acceptors (Lipinski definition) is 5. The van der Waals surface area contributed by atoms with Crippen LogP contribution in [-0.2, 0) is 14.3 Å². The van der Waals surface area contributed by atoms with Gasteiger partial charge in [-0.15, -0.1) is 0 Å². The molecule has 1 aliphatic heterocycles. The van der Waals surface area contributed by atoms with Gasteiger partial charge >= 0.3 is 11.8 Å². The number of carboxylic acids is 1. The van der Waals surface area contributed by atoms with E-state index in [1.807, 2.05) is 0 Å². The Balaban J connectivity index is 2.99. The van der Waals surface area contributed by atoms with Gasteiger partial charge < -0.3 is 25.4 Å². The standard InChI is InChI=1S/C11H15Cl2F2NO6/c12-8(13)9(19)16-4-3-6(14)11(15,10(20)21)22-7(4)5(18)1-2-17/h4-8,17-18H,1-3H2,(H,16,19)(H,20,21). The number of amides is 1. The molecule has 0 radical (unpaired) electrons. The second-order valence-electron chi connectivity index (χ2n) is 4.73. The molecule has 4 N–H and O–H groups in total. The number of aliphatic hydroxyl groups is 2. The molecule has 5 unspecified atom stereocenters. The van der Waals surface area contributed by atoms with E-state index in [2.05, 4.69) is 10.1 Å². The lowest BCUT2D eigenvalue weighted by Crippen LogP contribution is -2.63. The number of carbonyl (C=O) groups excluding carboxylic acids is 1. The highest BCUT2D eigenvalue weighted by Gasteiger charge is 2.57. The van der Waals surface area contributed by atoms with Crippen LogP contribution in [-0.4, -0.2) is 68.9 Å². The number of carboxylic acid groups (broad SMARTS) is 1. The molecule has 0 aliphatic carbocycles. The maximum absolute atomic E-state index is 14.1. The van der Waals surface area contributed by atoms with Gasteiger partial charge in [-0.05, 0) is 6.42 Å². The quantitative estimate of drug-likeness (QED) is 0.488. The molecule has 1 rings (SSSR count). The number of rotatable bonds is 6. The van der Waals surface area contributed by atoms with Gasteiger partial charge in [-0.3, -0.25) is 4.79 Å². The topological polar surface area (TPSA) is 116 Å². The SMILES string of the molecule is O=C(NC1CC(F)C(F)(C(=O)O)OC1C(O)CCO)C(Cl)Cl. The van der Waals surface area contributed by atoms with Gasteiger partial charge in [0, 0.05) is 13.0 Å². The van der Waals surface area contributed by atoms with Gasteiger partial charge in [-0.1, -0.05) is 23.2 Å². The second kappa shape index (κ2) is 7.69. The van der Waals surface area contributed by atoms with Gasteiger partial charge in [-0.2, -0.15) is 4.39 Å². The summed E-state index contributed by atoms with van der Waals surface area (Å²) in [6.45, 7) is -0.513. The number of hydrogen-bond donors (Lipinski definition) is 4. The first-order valence-corrected chi connectivity index (χ1v) is 7.12. The predicted octanol–water partition coefficient (Wildman–Crippen LogP) is -0.104. The molecule has 1 heterocycles. The highest BCUT2D eigenvalue weighted by molar-refractivity contribution is 6.53. The summed E-state index contributed by atoms with van der Waals surface area (Å²) in [5.74, 6) is -6.80. The predicted molar refractivity (Wildman–Crippen MR) is 71.0 cm³/mol. The molecule has 1 saturated heterocycles. The third kappa shape index (κ3) is 4.17. The highest BCUT2D eigenvalue weighted by Crippen LogP contribution is 2.35. The molecule has 11 heteroatoms. The summed E-state index contributed by atoms with van der Waals surface area (Å²) in [6, 6.07) is -1.27. The van der Waals surface area contributed by atoms with Crippen LogP contribution in [0.25, 0.3) is 0 Å². The first-order chi connectivity index (χ1) is 10.1. The zero-order valence-corrected chi connectivity index (χ0v) is 12.6. The minimum Gasteiger partial charge on any atom is -0.477 e. The highest BCUT2D eigenvalue weighted by atomic mass is 35.5. The van der Waals surface area contributed by atoms with Gasteiger partial charge in [0.2, 0.25) is 0 Å². The van der Waals surface area contributed by atoms with Crippen LogP contribution in [0.1, 0.15) is 12.8 Å². The van der Waals surface area contributed by atoms with E-state index < -0.39 is 60.0 Å². The second-order valence-corrected chi connectivity index (χ2v) is 5.83. The Labute approximate surface area is 134 Å². The molecule has 5 atom stereocenters. The summed E-state index contributed by atoms with van der Waals surface area (Å²) in [5, 5.41) is 29.5. The lowest BCUT2D eigenvalue weighted by atomic mass is 9.91. The van der Waals surface area contributed by atoms with Crippen molar-refractivity contribution in [3.05, 3.63) is 0 Å². The molecule has 128 valence electrons. The Morgan fingerprint density at radius 1 is 1.45 bits per heavy atom. The normalized spacial score (nSPS) is 33.5. The minimum absolute atomic E-state index is 0.297. The number of halogens is 4. The Bertz CT molecular complexity index is 429. The molecule has 22 heavy (non-hydrogen) atoms. The number of aliphatic carboxylic acids is 1. The molecule has 1 aliphatic rings. The monoisotopic (exact) mass is 365 g/mol. The molecule has 0 aromatic heterocycles. The van der Waals surface area contributed by atoms with Gasteiger partial charge in [-0.25, -0.2) is 9.18 Å². The Morgan fingerprint density at radius 3 is 2.50 bits per heavy atom. The number of alkyl halides is 4. The molecule has 1 fully saturated rings. The van der Waals surface area contributed by atoms with E-state index in [0.717, 1.165) is 0 Å².